The van der Waals surface area contributed by atoms with Crippen LogP contribution < -0.4 is 5.32 Å². The van der Waals surface area contributed by atoms with Gasteiger partial charge in [-0.2, -0.15) is 0 Å². The molecule has 9 aromatic heterocycles. The van der Waals surface area contributed by atoms with Crippen LogP contribution in [0.3, 0.4) is 0 Å². The number of rotatable bonds is 18. The summed E-state index contributed by atoms with van der Waals surface area (Å²) in [7, 11) is -9.10. The van der Waals surface area contributed by atoms with Crippen LogP contribution >= 0.6 is 34.0 Å². The summed E-state index contributed by atoms with van der Waals surface area (Å²) in [6.07, 6.45) is 21.2. The van der Waals surface area contributed by atoms with Gasteiger partial charge in [0.25, 0.3) is 30.1 Å². The summed E-state index contributed by atoms with van der Waals surface area (Å²) in [4.78, 5) is 81.0. The quantitative estimate of drug-likeness (QED) is 0.0616. The highest BCUT2D eigenvalue weighted by molar-refractivity contribution is 7.90. The van der Waals surface area contributed by atoms with Crippen molar-refractivity contribution in [2.24, 2.45) is 0 Å². The SMILES string of the molecule is C.C.C.C.C1COCCN1.CCOC(=O)c1nc(-c2cn(S(=O)(=O)c3ccccc3)c3ncc(C4CCC(=O)CC4)cc23)cs1.COC(=O)c1nc(-c2cn(S(=O)(=O)c3ccccc3)c3ncc(C4CCC(N5CCOCC5)CC4)cc23)cs1.COC(=O)c1nc(-c2cn(S(=O)(=O)c3ccccc3)c3ncc(C4CCC(N5CCOCC5)CC4)cc23)cs1. The van der Waals surface area contributed by atoms with Crippen molar-refractivity contribution < 1.29 is 72.9 Å². The summed E-state index contributed by atoms with van der Waals surface area (Å²) >= 11 is 3.48. The first kappa shape index (κ1) is 94.0. The highest BCUT2D eigenvalue weighted by atomic mass is 32.2. The van der Waals surface area contributed by atoms with Gasteiger partial charge in [0, 0.05) is 150 Å². The molecule has 3 saturated carbocycles. The van der Waals surface area contributed by atoms with Crippen molar-refractivity contribution in [3.8, 4) is 33.8 Å². The normalized spacial score (nSPS) is 18.6. The molecule has 6 fully saturated rings. The van der Waals surface area contributed by atoms with Gasteiger partial charge < -0.3 is 33.7 Å². The minimum absolute atomic E-state index is 0. The molecular formula is C89H108N12O16S6. The summed E-state index contributed by atoms with van der Waals surface area (Å²) in [5.41, 5.74) is 7.43. The van der Waals surface area contributed by atoms with Crippen molar-refractivity contribution in [2.75, 3.05) is 99.7 Å². The number of nitrogens with one attached hydrogen (secondary N) is 1. The van der Waals surface area contributed by atoms with Gasteiger partial charge in [-0.05, 0) is 160 Å². The van der Waals surface area contributed by atoms with E-state index in [-0.39, 0.29) is 83.4 Å². The summed E-state index contributed by atoms with van der Waals surface area (Å²) in [5, 5.41) is 11.0. The Morgan fingerprint density at radius 1 is 0.439 bits per heavy atom. The summed E-state index contributed by atoms with van der Waals surface area (Å²) < 4.78 is 116. The molecule has 123 heavy (non-hydrogen) atoms. The molecule has 0 atom stereocenters. The van der Waals surface area contributed by atoms with Crippen molar-refractivity contribution in [3.63, 3.8) is 0 Å². The fourth-order valence-corrected chi connectivity index (χ4v) is 22.5. The van der Waals surface area contributed by atoms with Crippen LogP contribution in [0.2, 0.25) is 0 Å². The number of thiazole rings is 3. The van der Waals surface area contributed by atoms with Crippen molar-refractivity contribution in [1.29, 1.82) is 0 Å². The standard InChI is InChI=1S/2C28H30N4O5S2.C25H23N3O5S2.C4H9NO.4CH4/c2*1-36-28(33)27-30-25(18-38-27)24-17-32(39(34,35)22-5-3-2-4-6-22)26-23(24)15-20(16-29-26)19-7-9-21(10-8-19)31-11-13-37-14-12-31;1-2-33-25(30)24-27-22(15-34-24)21-14-28(35(31,32)19-6-4-3-5-7-19)23-20(21)12-17(13-26-23)16-8-10-18(29)11-9-16;1-3-6-4-2-5-1;;;;/h2*2-6,15-19,21H,7-14H2,1H3;3-7,12-16H,2,8-11H2,1H3;5H,1-4H2;4*1H4. The van der Waals surface area contributed by atoms with Gasteiger partial charge in [-0.3, -0.25) is 14.6 Å². The average molecular weight is 1790 g/mol. The molecule has 0 unspecified atom stereocenters. The van der Waals surface area contributed by atoms with Crippen LogP contribution in [0.25, 0.3) is 66.9 Å². The molecule has 0 radical (unpaired) electrons. The van der Waals surface area contributed by atoms with Crippen LogP contribution in [0.1, 0.15) is 178 Å². The first-order valence-corrected chi connectivity index (χ1v) is 46.9. The first-order valence-electron chi connectivity index (χ1n) is 39.9. The largest absolute Gasteiger partial charge is 0.464 e. The van der Waals surface area contributed by atoms with Crippen molar-refractivity contribution in [3.05, 3.63) is 194 Å². The number of ether oxygens (including phenoxy) is 6. The Kier molecular flexibility index (Phi) is 32.3. The Balaban J connectivity index is 0.000000171. The molecular weight excluding hydrogens is 1690 g/mol. The van der Waals surface area contributed by atoms with Crippen molar-refractivity contribution in [2.45, 2.75) is 158 Å². The number of hydrogen-bond acceptors (Lipinski definition) is 28. The molecule has 0 amide bonds. The topological polar surface area (TPSA) is 337 Å². The number of ketones is 1. The lowest BCUT2D eigenvalue weighted by Crippen LogP contribution is -2.44. The lowest BCUT2D eigenvalue weighted by Gasteiger charge is -2.38. The van der Waals surface area contributed by atoms with E-state index in [1.165, 1.54) is 67.1 Å². The molecule has 12 aromatic rings. The van der Waals surface area contributed by atoms with Gasteiger partial charge in [-0.1, -0.05) is 84.3 Å². The number of carbonyl (C=O) groups is 4. The van der Waals surface area contributed by atoms with E-state index in [0.717, 1.165) is 171 Å². The lowest BCUT2D eigenvalue weighted by atomic mass is 9.81. The number of Topliss-reactive ketones (excluding diaryl/α,β-unsaturated/α-hetero) is 1. The molecule has 34 heteroatoms. The van der Waals surface area contributed by atoms with Crippen LogP contribution in [-0.2, 0) is 63.3 Å². The van der Waals surface area contributed by atoms with E-state index in [4.69, 9.17) is 38.4 Å². The van der Waals surface area contributed by atoms with E-state index in [9.17, 15) is 44.4 Å². The third-order valence-electron chi connectivity index (χ3n) is 22.6. The Morgan fingerprint density at radius 2 is 0.748 bits per heavy atom. The molecule has 12 heterocycles. The van der Waals surface area contributed by atoms with E-state index in [1.54, 1.807) is 121 Å². The fraction of sp³-hybridized carbons (Fsp3) is 0.416. The number of nitrogens with zero attached hydrogens (tertiary/aromatic N) is 11. The zero-order chi connectivity index (χ0) is 82.8. The molecule has 3 aliphatic heterocycles. The molecule has 18 rings (SSSR count). The summed E-state index contributed by atoms with van der Waals surface area (Å²) in [5.74, 6) is -0.424. The zero-order valence-electron chi connectivity index (χ0n) is 66.1. The smallest absolute Gasteiger partial charge is 0.367 e. The van der Waals surface area contributed by atoms with Crippen molar-refractivity contribution in [1.82, 2.24) is 56.9 Å². The molecule has 0 bridgehead atoms. The minimum Gasteiger partial charge on any atom is -0.464 e. The summed E-state index contributed by atoms with van der Waals surface area (Å²) in [6, 6.07) is 32.0. The molecule has 6 aliphatic rings. The number of fused-ring (bicyclic) bond motifs is 3. The maximum atomic E-state index is 13.6. The van der Waals surface area contributed by atoms with Crippen LogP contribution in [0, 0.1) is 0 Å². The van der Waals surface area contributed by atoms with Gasteiger partial charge in [-0.25, -0.2) is 81.5 Å². The number of hydrogen-bond donors (Lipinski definition) is 1. The number of benzene rings is 3. The van der Waals surface area contributed by atoms with Gasteiger partial charge in [0.05, 0.1) is 92.2 Å². The lowest BCUT2D eigenvalue weighted by molar-refractivity contribution is -0.120. The monoisotopic (exact) mass is 1790 g/mol. The van der Waals surface area contributed by atoms with Crippen LogP contribution in [-0.4, -0.2) is 212 Å². The van der Waals surface area contributed by atoms with E-state index in [2.05, 4.69) is 47.2 Å². The number of carbonyl (C=O) groups excluding carboxylic acids is 4. The summed E-state index contributed by atoms with van der Waals surface area (Å²) in [6.45, 7) is 13.0. The Morgan fingerprint density at radius 3 is 1.04 bits per heavy atom. The number of morpholine rings is 3. The third kappa shape index (κ3) is 21.0. The molecule has 1 N–H and O–H groups in total. The fourth-order valence-electron chi connectivity index (χ4n) is 16.3. The highest BCUT2D eigenvalue weighted by Crippen LogP contribution is 2.43. The Bertz CT molecular complexity index is 5680. The minimum atomic E-state index is -3.92. The van der Waals surface area contributed by atoms with Gasteiger partial charge in [0.1, 0.15) is 5.78 Å². The number of methoxy groups -OCH3 is 2. The van der Waals surface area contributed by atoms with Gasteiger partial charge in [0.15, 0.2) is 16.9 Å². The van der Waals surface area contributed by atoms with E-state index < -0.39 is 48.0 Å². The van der Waals surface area contributed by atoms with Crippen molar-refractivity contribution >= 4 is 121 Å². The zero-order valence-corrected chi connectivity index (χ0v) is 71.0. The molecule has 656 valence electrons. The molecule has 3 aromatic carbocycles. The molecule has 0 spiro atoms. The third-order valence-corrected chi connectivity index (χ3v) is 30.1. The van der Waals surface area contributed by atoms with Crippen LogP contribution in [0.15, 0.2) is 177 Å². The second-order valence-corrected chi connectivity index (χ2v) is 37.7. The van der Waals surface area contributed by atoms with E-state index in [0.29, 0.717) is 98.0 Å². The second kappa shape index (κ2) is 42.3. The second-order valence-electron chi connectivity index (χ2n) is 29.7. The van der Waals surface area contributed by atoms with Gasteiger partial charge in [-0.15, -0.1) is 34.0 Å². The number of esters is 3. The van der Waals surface area contributed by atoms with Crippen LogP contribution in [0.5, 0.6) is 0 Å². The number of pyridine rings is 3. The highest BCUT2D eigenvalue weighted by Gasteiger charge is 2.35. The molecule has 3 saturated heterocycles. The predicted octanol–water partition coefficient (Wildman–Crippen LogP) is 16.0. The van der Waals surface area contributed by atoms with E-state index >= 15 is 0 Å². The van der Waals surface area contributed by atoms with Gasteiger partial charge >= 0.3 is 17.9 Å². The first-order chi connectivity index (χ1) is 57.8. The van der Waals surface area contributed by atoms with Gasteiger partial charge in [0.2, 0.25) is 15.0 Å². The molecule has 3 aliphatic carbocycles. The number of aromatic nitrogens is 9. The Hall–Kier alpha value is -9.69. The van der Waals surface area contributed by atoms with E-state index in [1.807, 2.05) is 18.5 Å². The maximum Gasteiger partial charge on any atom is 0.367 e. The van der Waals surface area contributed by atoms with Crippen LogP contribution in [0.4, 0.5) is 0 Å². The Labute approximate surface area is 731 Å². The average Bonchev–Trinajstić information content (AvgIpc) is 1.60. The molecule has 28 nitrogen and oxygen atoms in total. The predicted molar refractivity (Wildman–Crippen MR) is 480 cm³/mol. The maximum absolute atomic E-state index is 13.6.